The maximum atomic E-state index is 13.8. The third-order valence-electron chi connectivity index (χ3n) is 8.81. The fourth-order valence-corrected chi connectivity index (χ4v) is 6.95. The summed E-state index contributed by atoms with van der Waals surface area (Å²) < 4.78 is 59.7. The molecule has 0 amide bonds. The number of nitrogens with zero attached hydrogens (tertiary/aromatic N) is 1. The van der Waals surface area contributed by atoms with Gasteiger partial charge in [-0.3, -0.25) is 9.69 Å². The second kappa shape index (κ2) is 11.0. The summed E-state index contributed by atoms with van der Waals surface area (Å²) >= 11 is 0. The normalized spacial score (nSPS) is 26.4. The molecule has 2 unspecified atom stereocenters. The monoisotopic (exact) mass is 597 g/mol. The van der Waals surface area contributed by atoms with Crippen molar-refractivity contribution in [3.63, 3.8) is 0 Å². The molecular weight excluding hydrogens is 559 g/mol. The fraction of sp³-hybridized carbons (Fsp3) is 0.667. The van der Waals surface area contributed by atoms with Gasteiger partial charge in [0.15, 0.2) is 23.7 Å². The first-order chi connectivity index (χ1) is 19.6. The van der Waals surface area contributed by atoms with Crippen molar-refractivity contribution < 1.29 is 51.9 Å². The third-order valence-corrected chi connectivity index (χ3v) is 8.81. The van der Waals surface area contributed by atoms with Crippen LogP contribution in [-0.2, 0) is 25.5 Å². The molecule has 0 saturated carbocycles. The smallest absolute Gasteiger partial charge is 0.422 e. The van der Waals surface area contributed by atoms with Crippen molar-refractivity contribution in [3.05, 3.63) is 34.9 Å². The van der Waals surface area contributed by atoms with E-state index in [1.54, 1.807) is 13.8 Å². The van der Waals surface area contributed by atoms with E-state index in [9.17, 15) is 33.0 Å². The molecule has 5 rings (SSSR count). The van der Waals surface area contributed by atoms with Crippen LogP contribution in [0.15, 0.2) is 23.8 Å². The fourth-order valence-electron chi connectivity index (χ4n) is 6.95. The minimum absolute atomic E-state index is 0.106. The Morgan fingerprint density at radius 2 is 1.83 bits per heavy atom. The van der Waals surface area contributed by atoms with E-state index in [2.05, 4.69) is 15.7 Å². The zero-order valence-corrected chi connectivity index (χ0v) is 24.1. The number of ether oxygens (including phenoxy) is 4. The van der Waals surface area contributed by atoms with Crippen LogP contribution in [0.4, 0.5) is 13.2 Å². The third kappa shape index (κ3) is 6.12. The molecule has 0 aromatic heterocycles. The number of rotatable bonds is 9. The van der Waals surface area contributed by atoms with Crippen LogP contribution in [-0.4, -0.2) is 82.6 Å². The topological polar surface area (TPSA) is 115 Å². The van der Waals surface area contributed by atoms with Gasteiger partial charge in [0.2, 0.25) is 6.79 Å². The molecule has 4 aliphatic rings. The minimum atomic E-state index is -4.76. The summed E-state index contributed by atoms with van der Waals surface area (Å²) in [6.07, 6.45) is -1.95. The van der Waals surface area contributed by atoms with Crippen molar-refractivity contribution in [1.29, 1.82) is 0 Å². The van der Waals surface area contributed by atoms with Crippen molar-refractivity contribution in [2.75, 3.05) is 26.5 Å². The van der Waals surface area contributed by atoms with E-state index in [1.807, 2.05) is 19.1 Å². The van der Waals surface area contributed by atoms with Crippen molar-refractivity contribution in [3.8, 4) is 11.5 Å². The van der Waals surface area contributed by atoms with Crippen LogP contribution in [0.25, 0.3) is 0 Å². The van der Waals surface area contributed by atoms with E-state index in [4.69, 9.17) is 14.2 Å². The van der Waals surface area contributed by atoms with E-state index in [-0.39, 0.29) is 32.0 Å². The van der Waals surface area contributed by atoms with Gasteiger partial charge in [-0.25, -0.2) is 4.79 Å². The van der Waals surface area contributed by atoms with E-state index < -0.39 is 54.0 Å². The number of hydrogen-bond acceptors (Lipinski definition) is 9. The van der Waals surface area contributed by atoms with Gasteiger partial charge >= 0.3 is 18.1 Å². The molecule has 3 aliphatic heterocycles. The van der Waals surface area contributed by atoms with Crippen molar-refractivity contribution in [1.82, 2.24) is 4.90 Å². The first kappa shape index (κ1) is 30.6. The Kier molecular flexibility index (Phi) is 8.04. The molecule has 1 spiro atoms. The minimum Gasteiger partial charge on any atom is -0.456 e. The van der Waals surface area contributed by atoms with Crippen LogP contribution < -0.4 is 9.47 Å². The zero-order chi connectivity index (χ0) is 30.5. The molecule has 1 fully saturated rings. The highest BCUT2D eigenvalue weighted by molar-refractivity contribution is 5.86. The van der Waals surface area contributed by atoms with Gasteiger partial charge in [-0.15, -0.1) is 0 Å². The largest absolute Gasteiger partial charge is 0.456 e. The van der Waals surface area contributed by atoms with Crippen molar-refractivity contribution in [2.45, 2.75) is 101 Å². The molecule has 9 nitrogen and oxygen atoms in total. The Balaban J connectivity index is 1.44. The van der Waals surface area contributed by atoms with Crippen molar-refractivity contribution in [2.24, 2.45) is 0 Å². The van der Waals surface area contributed by atoms with E-state index in [0.717, 1.165) is 49.1 Å². The highest BCUT2D eigenvalue weighted by atomic mass is 19.4. The molecular formula is C30H38F3NO8. The molecule has 42 heavy (non-hydrogen) atoms. The van der Waals surface area contributed by atoms with Gasteiger partial charge in [0.25, 0.3) is 0 Å². The molecule has 2 N–H and O–H groups in total. The predicted octanol–water partition coefficient (Wildman–Crippen LogP) is 3.93. The SMILES string of the molecule is CC1=CC23CCCN2CCc2cc4c(cc2[C@@H]3C1OC(=O)[C@@](O)(CCCC(C)(C)O)CC(=O)OCC(F)(F)F)OCO4. The summed E-state index contributed by atoms with van der Waals surface area (Å²) in [7, 11) is 0. The predicted molar refractivity (Wildman–Crippen MR) is 143 cm³/mol. The molecule has 232 valence electrons. The summed E-state index contributed by atoms with van der Waals surface area (Å²) in [5, 5.41) is 21.6. The molecule has 0 bridgehead atoms. The maximum absolute atomic E-state index is 13.8. The lowest BCUT2D eigenvalue weighted by atomic mass is 9.77. The van der Waals surface area contributed by atoms with Gasteiger partial charge in [0.05, 0.1) is 17.6 Å². The Morgan fingerprint density at radius 3 is 2.52 bits per heavy atom. The summed E-state index contributed by atoms with van der Waals surface area (Å²) in [6.45, 7) is 4.89. The summed E-state index contributed by atoms with van der Waals surface area (Å²) in [5.74, 6) is -1.58. The number of alkyl halides is 3. The first-order valence-corrected chi connectivity index (χ1v) is 14.4. The average molecular weight is 598 g/mol. The summed E-state index contributed by atoms with van der Waals surface area (Å²) in [5.41, 5.74) is -1.24. The van der Waals surface area contributed by atoms with Crippen LogP contribution in [0.1, 0.15) is 76.3 Å². The average Bonchev–Trinajstić information content (AvgIpc) is 3.55. The number of aliphatic hydroxyl groups is 2. The number of fused-ring (bicyclic) bond motifs is 3. The van der Waals surface area contributed by atoms with Gasteiger partial charge in [-0.1, -0.05) is 6.08 Å². The second-order valence-electron chi connectivity index (χ2n) is 12.6. The number of esters is 2. The number of carbonyl (C=O) groups is 2. The highest BCUT2D eigenvalue weighted by Gasteiger charge is 2.57. The number of hydrogen-bond donors (Lipinski definition) is 2. The van der Waals surface area contributed by atoms with Crippen molar-refractivity contribution >= 4 is 11.9 Å². The molecule has 1 saturated heterocycles. The van der Waals surface area contributed by atoms with Gasteiger partial charge in [0, 0.05) is 12.5 Å². The molecule has 1 aromatic carbocycles. The molecule has 12 heteroatoms. The number of benzene rings is 1. The van der Waals surface area contributed by atoms with Crippen LogP contribution >= 0.6 is 0 Å². The van der Waals surface area contributed by atoms with E-state index in [1.165, 1.54) is 0 Å². The molecule has 1 aliphatic carbocycles. The van der Waals surface area contributed by atoms with Crippen LogP contribution in [0.3, 0.4) is 0 Å². The second-order valence-corrected chi connectivity index (χ2v) is 12.6. The molecule has 1 aromatic rings. The number of carbonyl (C=O) groups excluding carboxylic acids is 2. The summed E-state index contributed by atoms with van der Waals surface area (Å²) in [4.78, 5) is 28.5. The lowest BCUT2D eigenvalue weighted by Crippen LogP contribution is -2.49. The standard InChI is InChI=1S/C30H38F3NO8/c1-18-14-28-8-5-10-34(28)11-6-19-12-21-22(41-17-40-21)13-20(19)24(28)25(18)42-26(36)29(38,9-4-7-27(2,3)37)15-23(35)39-16-30(31,32)33/h12-14,24-25,37-38H,4-11,15-17H2,1-3H3/t24-,25?,28?,29-/m1/s1. The van der Waals surface area contributed by atoms with E-state index >= 15 is 0 Å². The Bertz CT molecular complexity index is 1260. The van der Waals surface area contributed by atoms with Gasteiger partial charge in [0.1, 0.15) is 6.10 Å². The van der Waals surface area contributed by atoms with Crippen LogP contribution in [0.5, 0.6) is 11.5 Å². The van der Waals surface area contributed by atoms with E-state index in [0.29, 0.717) is 11.5 Å². The van der Waals surface area contributed by atoms with Crippen LogP contribution in [0.2, 0.25) is 0 Å². The number of halogens is 3. The van der Waals surface area contributed by atoms with Gasteiger partial charge in [-0.05, 0) is 94.7 Å². The lowest BCUT2D eigenvalue weighted by molar-refractivity contribution is -0.193. The Hall–Kier alpha value is -2.83. The molecule has 0 radical (unpaired) electrons. The maximum Gasteiger partial charge on any atom is 0.422 e. The quantitative estimate of drug-likeness (QED) is 0.323. The lowest BCUT2D eigenvalue weighted by Gasteiger charge is -2.40. The highest BCUT2D eigenvalue weighted by Crippen LogP contribution is 2.55. The Morgan fingerprint density at radius 1 is 1.12 bits per heavy atom. The molecule has 4 atom stereocenters. The summed E-state index contributed by atoms with van der Waals surface area (Å²) in [6, 6.07) is 3.90. The van der Waals surface area contributed by atoms with Gasteiger partial charge < -0.3 is 29.2 Å². The first-order valence-electron chi connectivity index (χ1n) is 14.4. The Labute approximate surface area is 242 Å². The molecule has 3 heterocycles. The zero-order valence-electron chi connectivity index (χ0n) is 24.1. The van der Waals surface area contributed by atoms with Crippen LogP contribution in [0, 0.1) is 0 Å². The van der Waals surface area contributed by atoms with Gasteiger partial charge in [-0.2, -0.15) is 13.2 Å².